The van der Waals surface area contributed by atoms with Gasteiger partial charge < -0.3 is 0 Å². The first-order valence-electron chi connectivity index (χ1n) is 7.75. The lowest BCUT2D eigenvalue weighted by atomic mass is 9.80. The zero-order valence-electron chi connectivity index (χ0n) is 14.3. The Kier molecular flexibility index (Phi) is 3.74. The zero-order valence-corrected chi connectivity index (χ0v) is 14.3. The van der Waals surface area contributed by atoms with Gasteiger partial charge in [-0.15, -0.1) is 0 Å². The van der Waals surface area contributed by atoms with Crippen molar-refractivity contribution in [2.75, 3.05) is 13.6 Å². The monoisotopic (exact) mass is 306 g/mol. The van der Waals surface area contributed by atoms with E-state index < -0.39 is 6.30 Å². The van der Waals surface area contributed by atoms with E-state index in [2.05, 4.69) is 46.4 Å². The molecule has 0 spiro atoms. The second-order valence-electron chi connectivity index (χ2n) is 9.07. The summed E-state index contributed by atoms with van der Waals surface area (Å²) < 4.78 is 38.6. The Morgan fingerprint density at radius 2 is 1.57 bits per heavy atom. The smallest absolute Gasteiger partial charge is 0.291 e. The molecule has 2 nitrogen and oxygen atoms in total. The molecule has 1 saturated heterocycles. The van der Waals surface area contributed by atoms with Gasteiger partial charge in [-0.3, -0.25) is 4.90 Å². The van der Waals surface area contributed by atoms with Crippen LogP contribution < -0.4 is 0 Å². The van der Waals surface area contributed by atoms with Gasteiger partial charge in [0.05, 0.1) is 0 Å². The van der Waals surface area contributed by atoms with E-state index in [1.54, 1.807) is 0 Å². The maximum Gasteiger partial charge on any atom is 0.459 e. The summed E-state index contributed by atoms with van der Waals surface area (Å²) in [6.45, 7) is 13.2. The molecule has 2 aliphatic rings. The highest BCUT2D eigenvalue weighted by Crippen LogP contribution is 2.64. The summed E-state index contributed by atoms with van der Waals surface area (Å²) in [5, 5.41) is 0. The van der Waals surface area contributed by atoms with Gasteiger partial charge in [-0.05, 0) is 46.1 Å². The van der Waals surface area contributed by atoms with Crippen LogP contribution in [0.4, 0.5) is 13.2 Å². The number of halogens is 3. The third kappa shape index (κ3) is 3.09. The Hall–Kier alpha value is -0.290. The minimum Gasteiger partial charge on any atom is -0.291 e. The number of fused-ring (bicyclic) bond motifs is 1. The molecule has 3 atom stereocenters. The van der Waals surface area contributed by atoms with E-state index in [0.717, 1.165) is 12.8 Å². The second kappa shape index (κ2) is 4.60. The quantitative estimate of drug-likeness (QED) is 0.708. The summed E-state index contributed by atoms with van der Waals surface area (Å²) in [6, 6.07) is 0.643. The molecule has 2 rings (SSSR count). The van der Waals surface area contributed by atoms with Crippen LogP contribution in [0.3, 0.4) is 0 Å². The molecule has 5 heteroatoms. The fraction of sp³-hybridized carbons (Fsp3) is 1.00. The van der Waals surface area contributed by atoms with Gasteiger partial charge in [0.2, 0.25) is 0 Å². The normalized spacial score (nSPS) is 34.4. The molecule has 21 heavy (non-hydrogen) atoms. The minimum absolute atomic E-state index is 0.00231. The summed E-state index contributed by atoms with van der Waals surface area (Å²) in [5.41, 5.74) is -0.0856. The third-order valence-corrected chi connectivity index (χ3v) is 5.18. The maximum absolute atomic E-state index is 12.9. The van der Waals surface area contributed by atoms with Gasteiger partial charge in [-0.25, -0.2) is 4.90 Å². The minimum atomic E-state index is -4.23. The van der Waals surface area contributed by atoms with Gasteiger partial charge in [-0.1, -0.05) is 20.8 Å². The van der Waals surface area contributed by atoms with Crippen LogP contribution in [0, 0.1) is 10.8 Å². The number of rotatable bonds is 2. The van der Waals surface area contributed by atoms with E-state index in [-0.39, 0.29) is 22.9 Å². The molecule has 0 amide bonds. The van der Waals surface area contributed by atoms with Gasteiger partial charge in [0, 0.05) is 29.6 Å². The Bertz CT molecular complexity index is 405. The van der Waals surface area contributed by atoms with Crippen molar-refractivity contribution in [3.63, 3.8) is 0 Å². The topological polar surface area (TPSA) is 6.48 Å². The van der Waals surface area contributed by atoms with Crippen LogP contribution in [0.15, 0.2) is 0 Å². The first-order chi connectivity index (χ1) is 9.18. The number of piperidine rings is 1. The molecule has 1 saturated carbocycles. The molecule has 0 aromatic rings. The molecular formula is C16H29F3N2. The van der Waals surface area contributed by atoms with Crippen LogP contribution >= 0.6 is 0 Å². The Labute approximate surface area is 126 Å². The van der Waals surface area contributed by atoms with Crippen LogP contribution in [0.2, 0.25) is 0 Å². The lowest BCUT2D eigenvalue weighted by Crippen LogP contribution is -2.51. The molecule has 1 aliphatic heterocycles. The van der Waals surface area contributed by atoms with Crippen molar-refractivity contribution in [3.05, 3.63) is 0 Å². The highest BCUT2D eigenvalue weighted by molar-refractivity contribution is 5.21. The molecule has 0 bridgehead atoms. The SMILES string of the molecule is CN(C[C@]12CC1N(C(C)(C)C)[C@H](C(C)(C)C)C2)C(F)(F)F. The molecule has 0 radical (unpaired) electrons. The Balaban J connectivity index is 2.21. The van der Waals surface area contributed by atoms with Crippen molar-refractivity contribution in [1.82, 2.24) is 9.80 Å². The number of hydrogen-bond acceptors (Lipinski definition) is 2. The van der Waals surface area contributed by atoms with E-state index in [0.29, 0.717) is 17.0 Å². The van der Waals surface area contributed by atoms with Crippen molar-refractivity contribution < 1.29 is 13.2 Å². The molecule has 2 fully saturated rings. The number of likely N-dealkylation sites (tertiary alicyclic amines) is 1. The van der Waals surface area contributed by atoms with E-state index in [1.807, 2.05) is 0 Å². The van der Waals surface area contributed by atoms with Crippen molar-refractivity contribution >= 4 is 0 Å². The van der Waals surface area contributed by atoms with Gasteiger partial charge in [-0.2, -0.15) is 13.2 Å². The molecule has 0 N–H and O–H groups in total. The first kappa shape index (κ1) is 17.1. The highest BCUT2D eigenvalue weighted by atomic mass is 19.4. The summed E-state index contributed by atoms with van der Waals surface area (Å²) in [7, 11) is 1.18. The summed E-state index contributed by atoms with van der Waals surface area (Å²) >= 11 is 0. The van der Waals surface area contributed by atoms with Crippen LogP contribution in [0.25, 0.3) is 0 Å². The summed E-state index contributed by atoms with van der Waals surface area (Å²) in [5.74, 6) is 0. The van der Waals surface area contributed by atoms with Crippen molar-refractivity contribution in [3.8, 4) is 0 Å². The molecular weight excluding hydrogens is 277 g/mol. The number of nitrogens with zero attached hydrogens (tertiary/aromatic N) is 2. The fourth-order valence-electron chi connectivity index (χ4n) is 4.09. The predicted molar refractivity (Wildman–Crippen MR) is 79.0 cm³/mol. The van der Waals surface area contributed by atoms with E-state index in [9.17, 15) is 13.2 Å². The van der Waals surface area contributed by atoms with Crippen LogP contribution in [-0.2, 0) is 0 Å². The van der Waals surface area contributed by atoms with Crippen LogP contribution in [0.1, 0.15) is 54.4 Å². The van der Waals surface area contributed by atoms with Gasteiger partial charge >= 0.3 is 6.30 Å². The molecule has 1 unspecified atom stereocenters. The van der Waals surface area contributed by atoms with E-state index in [4.69, 9.17) is 0 Å². The van der Waals surface area contributed by atoms with Crippen LogP contribution in [0.5, 0.6) is 0 Å². The van der Waals surface area contributed by atoms with Crippen molar-refractivity contribution in [2.45, 2.75) is 78.3 Å². The first-order valence-corrected chi connectivity index (χ1v) is 7.75. The molecule has 124 valence electrons. The van der Waals surface area contributed by atoms with Crippen molar-refractivity contribution in [2.24, 2.45) is 10.8 Å². The largest absolute Gasteiger partial charge is 0.459 e. The van der Waals surface area contributed by atoms with Crippen LogP contribution in [-0.4, -0.2) is 47.3 Å². The van der Waals surface area contributed by atoms with Gasteiger partial charge in [0.1, 0.15) is 0 Å². The molecule has 1 heterocycles. The zero-order chi connectivity index (χ0) is 16.4. The van der Waals surface area contributed by atoms with E-state index >= 15 is 0 Å². The summed E-state index contributed by atoms with van der Waals surface area (Å²) in [6.07, 6.45) is -2.45. The molecule has 1 aliphatic carbocycles. The standard InChI is InChI=1S/C16H29F3N2/c1-13(2,3)11-8-15(10-20(7)16(17,18)19)9-12(15)21(11)14(4,5)6/h11-12H,8-10H2,1-7H3/t11-,12?,15-/m0/s1. The summed E-state index contributed by atoms with van der Waals surface area (Å²) in [4.78, 5) is 3.05. The number of hydrogen-bond donors (Lipinski definition) is 0. The predicted octanol–water partition coefficient (Wildman–Crippen LogP) is 4.12. The third-order valence-electron chi connectivity index (χ3n) is 5.18. The second-order valence-corrected chi connectivity index (χ2v) is 9.07. The lowest BCUT2D eigenvalue weighted by molar-refractivity contribution is -0.240. The van der Waals surface area contributed by atoms with Gasteiger partial charge in [0.25, 0.3) is 0 Å². The fourth-order valence-corrected chi connectivity index (χ4v) is 4.09. The molecule has 0 aromatic carbocycles. The van der Waals surface area contributed by atoms with Gasteiger partial charge in [0.15, 0.2) is 0 Å². The average Bonchev–Trinajstić information content (AvgIpc) is 2.77. The Morgan fingerprint density at radius 1 is 1.05 bits per heavy atom. The van der Waals surface area contributed by atoms with E-state index in [1.165, 1.54) is 7.05 Å². The Morgan fingerprint density at radius 3 is 1.90 bits per heavy atom. The average molecular weight is 306 g/mol. The number of alkyl halides is 3. The highest BCUT2D eigenvalue weighted by Gasteiger charge is 2.68. The molecule has 0 aromatic heterocycles. The lowest BCUT2D eigenvalue weighted by Gasteiger charge is -2.45. The van der Waals surface area contributed by atoms with Crippen molar-refractivity contribution in [1.29, 1.82) is 0 Å². The maximum atomic E-state index is 12.9.